The van der Waals surface area contributed by atoms with E-state index in [0.29, 0.717) is 12.3 Å². The summed E-state index contributed by atoms with van der Waals surface area (Å²) in [7, 11) is 0. The van der Waals surface area contributed by atoms with Gasteiger partial charge in [0.05, 0.1) is 5.69 Å². The lowest BCUT2D eigenvalue weighted by Crippen LogP contribution is -2.24. The molecular formula is C11H11Br2NO. The summed E-state index contributed by atoms with van der Waals surface area (Å²) in [6, 6.07) is 7.84. The topological polar surface area (TPSA) is 20.3 Å². The molecule has 1 amide bonds. The number of hydrogen-bond donors (Lipinski definition) is 0. The highest BCUT2D eigenvalue weighted by atomic mass is 79.9. The second kappa shape index (κ2) is 4.66. The predicted molar refractivity (Wildman–Crippen MR) is 68.4 cm³/mol. The molecule has 1 heterocycles. The molecule has 1 aromatic rings. The summed E-state index contributed by atoms with van der Waals surface area (Å²) in [6.07, 6.45) is 0.645. The molecule has 0 spiro atoms. The summed E-state index contributed by atoms with van der Waals surface area (Å²) in [4.78, 5) is 13.6. The van der Waals surface area contributed by atoms with Gasteiger partial charge in [-0.05, 0) is 34.0 Å². The van der Waals surface area contributed by atoms with Crippen LogP contribution in [0.5, 0.6) is 0 Å². The standard InChI is InChI=1S/C11H11Br2NO/c12-6-8-5-11(15)14(7-8)10-4-2-1-3-9(10)13/h1-4,8H,5-7H2. The Bertz CT molecular complexity index is 381. The third kappa shape index (κ3) is 2.26. The molecule has 0 N–H and O–H groups in total. The molecule has 1 fully saturated rings. The number of carbonyl (C=O) groups is 1. The van der Waals surface area contributed by atoms with Crippen molar-refractivity contribution in [2.75, 3.05) is 16.8 Å². The molecule has 2 nitrogen and oxygen atoms in total. The Kier molecular flexibility index (Phi) is 3.46. The van der Waals surface area contributed by atoms with Crippen LogP contribution in [0.4, 0.5) is 5.69 Å². The molecule has 1 saturated heterocycles. The van der Waals surface area contributed by atoms with Crippen molar-refractivity contribution in [3.05, 3.63) is 28.7 Å². The first kappa shape index (κ1) is 11.1. The van der Waals surface area contributed by atoms with Crippen molar-refractivity contribution < 1.29 is 4.79 Å². The van der Waals surface area contributed by atoms with E-state index in [9.17, 15) is 4.79 Å². The second-order valence-corrected chi connectivity index (χ2v) is 5.18. The Morgan fingerprint density at radius 3 is 2.73 bits per heavy atom. The van der Waals surface area contributed by atoms with Crippen LogP contribution in [-0.2, 0) is 4.79 Å². The molecule has 4 heteroatoms. The molecule has 1 atom stereocenters. The van der Waals surface area contributed by atoms with E-state index in [-0.39, 0.29) is 5.91 Å². The van der Waals surface area contributed by atoms with E-state index >= 15 is 0 Å². The highest BCUT2D eigenvalue weighted by Gasteiger charge is 2.30. The zero-order valence-corrected chi connectivity index (χ0v) is 11.3. The van der Waals surface area contributed by atoms with E-state index < -0.39 is 0 Å². The zero-order valence-electron chi connectivity index (χ0n) is 8.12. The van der Waals surface area contributed by atoms with Crippen LogP contribution in [0.15, 0.2) is 28.7 Å². The third-order valence-electron chi connectivity index (χ3n) is 2.57. The van der Waals surface area contributed by atoms with Gasteiger partial charge < -0.3 is 4.90 Å². The van der Waals surface area contributed by atoms with Gasteiger partial charge in [0.15, 0.2) is 0 Å². The van der Waals surface area contributed by atoms with Crippen LogP contribution in [0, 0.1) is 5.92 Å². The Morgan fingerprint density at radius 1 is 1.40 bits per heavy atom. The maximum atomic E-state index is 11.8. The molecule has 1 aliphatic heterocycles. The van der Waals surface area contributed by atoms with E-state index in [1.807, 2.05) is 29.2 Å². The van der Waals surface area contributed by atoms with Crippen LogP contribution in [0.1, 0.15) is 6.42 Å². The summed E-state index contributed by atoms with van der Waals surface area (Å²) < 4.78 is 0.980. The highest BCUT2D eigenvalue weighted by molar-refractivity contribution is 9.10. The van der Waals surface area contributed by atoms with E-state index in [2.05, 4.69) is 31.9 Å². The van der Waals surface area contributed by atoms with Crippen molar-refractivity contribution in [3.8, 4) is 0 Å². The molecule has 2 rings (SSSR count). The summed E-state index contributed by atoms with van der Waals surface area (Å²) in [5.41, 5.74) is 0.978. The minimum absolute atomic E-state index is 0.214. The molecule has 0 aliphatic carbocycles. The average Bonchev–Trinajstić information content (AvgIpc) is 2.60. The van der Waals surface area contributed by atoms with Gasteiger partial charge in [-0.3, -0.25) is 4.79 Å². The van der Waals surface area contributed by atoms with Gasteiger partial charge in [-0.15, -0.1) is 0 Å². The largest absolute Gasteiger partial charge is 0.311 e. The van der Waals surface area contributed by atoms with Gasteiger partial charge in [0.1, 0.15) is 0 Å². The number of para-hydroxylation sites is 1. The maximum absolute atomic E-state index is 11.8. The van der Waals surface area contributed by atoms with Gasteiger partial charge in [0.25, 0.3) is 0 Å². The molecule has 0 bridgehead atoms. The maximum Gasteiger partial charge on any atom is 0.227 e. The minimum Gasteiger partial charge on any atom is -0.311 e. The van der Waals surface area contributed by atoms with Crippen LogP contribution < -0.4 is 4.90 Å². The monoisotopic (exact) mass is 331 g/mol. The lowest BCUT2D eigenvalue weighted by Gasteiger charge is -2.17. The lowest BCUT2D eigenvalue weighted by atomic mass is 10.2. The van der Waals surface area contributed by atoms with Gasteiger partial charge in [-0.25, -0.2) is 0 Å². The number of rotatable bonds is 2. The first-order chi connectivity index (χ1) is 7.22. The van der Waals surface area contributed by atoms with Gasteiger partial charge >= 0.3 is 0 Å². The summed E-state index contributed by atoms with van der Waals surface area (Å²) in [6.45, 7) is 0.812. The highest BCUT2D eigenvalue weighted by Crippen LogP contribution is 2.31. The van der Waals surface area contributed by atoms with Crippen molar-refractivity contribution in [3.63, 3.8) is 0 Å². The molecule has 80 valence electrons. The van der Waals surface area contributed by atoms with Crippen LogP contribution in [0.3, 0.4) is 0 Å². The third-order valence-corrected chi connectivity index (χ3v) is 4.15. The van der Waals surface area contributed by atoms with Crippen LogP contribution in [0.25, 0.3) is 0 Å². The number of alkyl halides is 1. The molecule has 0 aromatic heterocycles. The Morgan fingerprint density at radius 2 is 2.13 bits per heavy atom. The lowest BCUT2D eigenvalue weighted by molar-refractivity contribution is -0.117. The average molecular weight is 333 g/mol. The summed E-state index contributed by atoms with van der Waals surface area (Å²) >= 11 is 6.90. The molecule has 1 aromatic carbocycles. The molecule has 15 heavy (non-hydrogen) atoms. The number of anilines is 1. The van der Waals surface area contributed by atoms with Crippen LogP contribution in [0.2, 0.25) is 0 Å². The zero-order chi connectivity index (χ0) is 10.8. The number of benzene rings is 1. The van der Waals surface area contributed by atoms with Gasteiger partial charge in [0.2, 0.25) is 5.91 Å². The normalized spacial score (nSPS) is 21.1. The molecule has 1 unspecified atom stereocenters. The van der Waals surface area contributed by atoms with Crippen molar-refractivity contribution in [1.29, 1.82) is 0 Å². The summed E-state index contributed by atoms with van der Waals surface area (Å²) in [5, 5.41) is 0.889. The smallest absolute Gasteiger partial charge is 0.227 e. The second-order valence-electron chi connectivity index (χ2n) is 3.68. The van der Waals surface area contributed by atoms with E-state index in [1.165, 1.54) is 0 Å². The van der Waals surface area contributed by atoms with E-state index in [1.54, 1.807) is 0 Å². The SMILES string of the molecule is O=C1CC(CBr)CN1c1ccccc1Br. The molecular weight excluding hydrogens is 322 g/mol. The Hall–Kier alpha value is -0.350. The minimum atomic E-state index is 0.214. The molecule has 1 aliphatic rings. The fourth-order valence-electron chi connectivity index (χ4n) is 1.79. The van der Waals surface area contributed by atoms with E-state index in [4.69, 9.17) is 0 Å². The van der Waals surface area contributed by atoms with Crippen molar-refractivity contribution in [2.45, 2.75) is 6.42 Å². The molecule has 0 radical (unpaired) electrons. The number of nitrogens with zero attached hydrogens (tertiary/aromatic N) is 1. The fourth-order valence-corrected chi connectivity index (χ4v) is 2.72. The van der Waals surface area contributed by atoms with Crippen molar-refractivity contribution in [1.82, 2.24) is 0 Å². The van der Waals surface area contributed by atoms with E-state index in [0.717, 1.165) is 22.0 Å². The van der Waals surface area contributed by atoms with Crippen molar-refractivity contribution in [2.24, 2.45) is 5.92 Å². The number of amides is 1. The number of carbonyl (C=O) groups excluding carboxylic acids is 1. The Balaban J connectivity index is 2.25. The quantitative estimate of drug-likeness (QED) is 0.762. The fraction of sp³-hybridized carbons (Fsp3) is 0.364. The summed E-state index contributed by atoms with van der Waals surface area (Å²) in [5.74, 6) is 0.649. The van der Waals surface area contributed by atoms with Crippen molar-refractivity contribution >= 4 is 43.5 Å². The van der Waals surface area contributed by atoms with Gasteiger partial charge in [0, 0.05) is 22.8 Å². The first-order valence-electron chi connectivity index (χ1n) is 4.83. The van der Waals surface area contributed by atoms with Crippen LogP contribution in [-0.4, -0.2) is 17.8 Å². The van der Waals surface area contributed by atoms with Crippen LogP contribution >= 0.6 is 31.9 Å². The first-order valence-corrected chi connectivity index (χ1v) is 6.74. The Labute approximate surface area is 106 Å². The number of halogens is 2. The molecule has 0 saturated carbocycles. The predicted octanol–water partition coefficient (Wildman–Crippen LogP) is 3.20. The van der Waals surface area contributed by atoms with Gasteiger partial charge in [-0.1, -0.05) is 28.1 Å². The number of hydrogen-bond acceptors (Lipinski definition) is 1. The van der Waals surface area contributed by atoms with Gasteiger partial charge in [-0.2, -0.15) is 0 Å².